The van der Waals surface area contributed by atoms with Crippen LogP contribution in [0.1, 0.15) is 35.1 Å². The van der Waals surface area contributed by atoms with Gasteiger partial charge in [-0.2, -0.15) is 4.31 Å². The predicted octanol–water partition coefficient (Wildman–Crippen LogP) is 2.89. The molecule has 0 radical (unpaired) electrons. The predicted molar refractivity (Wildman–Crippen MR) is 117 cm³/mol. The number of carbonyl (C=O) groups is 2. The van der Waals surface area contributed by atoms with Gasteiger partial charge in [0.25, 0.3) is 5.91 Å². The van der Waals surface area contributed by atoms with E-state index in [2.05, 4.69) is 5.32 Å². The maximum Gasteiger partial charge on any atom is 0.325 e. The third kappa shape index (κ3) is 3.85. The van der Waals surface area contributed by atoms with E-state index in [1.54, 1.807) is 18.2 Å². The van der Waals surface area contributed by atoms with Crippen molar-refractivity contribution in [2.75, 3.05) is 13.1 Å². The van der Waals surface area contributed by atoms with Gasteiger partial charge in [-0.15, -0.1) is 0 Å². The van der Waals surface area contributed by atoms with Crippen molar-refractivity contribution in [3.8, 4) is 0 Å². The molecule has 2 aromatic carbocycles. The minimum absolute atomic E-state index is 0.180. The average Bonchev–Trinajstić information content (AvgIpc) is 2.96. The van der Waals surface area contributed by atoms with Gasteiger partial charge in [-0.1, -0.05) is 35.9 Å². The van der Waals surface area contributed by atoms with E-state index in [0.29, 0.717) is 0 Å². The van der Waals surface area contributed by atoms with E-state index >= 15 is 0 Å². The number of carbonyl (C=O) groups excluding carboxylic acids is 2. The van der Waals surface area contributed by atoms with Crippen molar-refractivity contribution in [1.29, 1.82) is 0 Å². The van der Waals surface area contributed by atoms with Crippen LogP contribution in [-0.2, 0) is 21.4 Å². The SMILES string of the molecule is Cc1ccc(CN2C(=O)NC3(CCN(S(=O)(=O)c4ccc(C)c(C)c4)CC3)C2=O)cc1. The summed E-state index contributed by atoms with van der Waals surface area (Å²) in [5, 5.41) is 2.85. The van der Waals surface area contributed by atoms with Gasteiger partial charge in [0.2, 0.25) is 10.0 Å². The van der Waals surface area contributed by atoms with Crippen molar-refractivity contribution in [1.82, 2.24) is 14.5 Å². The Bertz CT molecular complexity index is 1130. The van der Waals surface area contributed by atoms with Gasteiger partial charge < -0.3 is 5.32 Å². The van der Waals surface area contributed by atoms with Gasteiger partial charge in [0.05, 0.1) is 11.4 Å². The third-order valence-electron chi connectivity index (χ3n) is 6.40. The highest BCUT2D eigenvalue weighted by atomic mass is 32.2. The number of benzene rings is 2. The van der Waals surface area contributed by atoms with E-state index in [0.717, 1.165) is 22.3 Å². The summed E-state index contributed by atoms with van der Waals surface area (Å²) in [5.41, 5.74) is 2.90. The molecule has 8 heteroatoms. The van der Waals surface area contributed by atoms with Crippen LogP contribution in [0.25, 0.3) is 0 Å². The number of sulfonamides is 1. The molecule has 0 aromatic heterocycles. The second kappa shape index (κ2) is 7.76. The summed E-state index contributed by atoms with van der Waals surface area (Å²) in [6.07, 6.45) is 0.512. The summed E-state index contributed by atoms with van der Waals surface area (Å²) in [4.78, 5) is 27.2. The Labute approximate surface area is 183 Å². The lowest BCUT2D eigenvalue weighted by molar-refractivity contribution is -0.133. The van der Waals surface area contributed by atoms with E-state index in [9.17, 15) is 18.0 Å². The summed E-state index contributed by atoms with van der Waals surface area (Å²) in [7, 11) is -3.65. The lowest BCUT2D eigenvalue weighted by Crippen LogP contribution is -2.55. The van der Waals surface area contributed by atoms with Crippen LogP contribution in [0, 0.1) is 20.8 Å². The number of amides is 3. The van der Waals surface area contributed by atoms with Gasteiger partial charge in [-0.05, 0) is 62.4 Å². The number of aryl methyl sites for hydroxylation is 3. The summed E-state index contributed by atoms with van der Waals surface area (Å²) >= 11 is 0. The molecule has 0 saturated carbocycles. The largest absolute Gasteiger partial charge is 0.325 e. The van der Waals surface area contributed by atoms with E-state index in [1.165, 1.54) is 9.21 Å². The molecule has 0 aliphatic carbocycles. The normalized spacial score (nSPS) is 19.1. The first kappa shape index (κ1) is 21.5. The average molecular weight is 442 g/mol. The molecule has 2 fully saturated rings. The van der Waals surface area contributed by atoms with Gasteiger partial charge in [0, 0.05) is 13.1 Å². The molecule has 2 heterocycles. The standard InChI is InChI=1S/C23H27N3O4S/c1-16-4-7-19(8-5-16)15-26-21(27)23(24-22(26)28)10-12-25(13-11-23)31(29,30)20-9-6-17(2)18(3)14-20/h4-9,14H,10-13,15H2,1-3H3,(H,24,28). The van der Waals surface area contributed by atoms with Crippen molar-refractivity contribution in [2.45, 2.75) is 50.6 Å². The molecule has 1 spiro atoms. The molecule has 2 aliphatic rings. The Balaban J connectivity index is 1.48. The highest BCUT2D eigenvalue weighted by Gasteiger charge is 2.53. The zero-order valence-electron chi connectivity index (χ0n) is 18.0. The fraction of sp³-hybridized carbons (Fsp3) is 0.391. The van der Waals surface area contributed by atoms with Crippen molar-refractivity contribution < 1.29 is 18.0 Å². The van der Waals surface area contributed by atoms with Gasteiger partial charge in [0.1, 0.15) is 5.54 Å². The molecule has 0 unspecified atom stereocenters. The number of urea groups is 1. The Morgan fingerprint density at radius 2 is 1.58 bits per heavy atom. The molecule has 7 nitrogen and oxygen atoms in total. The van der Waals surface area contributed by atoms with Gasteiger partial charge in [-0.3, -0.25) is 9.69 Å². The van der Waals surface area contributed by atoms with Crippen LogP contribution in [0.5, 0.6) is 0 Å². The number of hydrogen-bond donors (Lipinski definition) is 1. The van der Waals surface area contributed by atoms with Gasteiger partial charge >= 0.3 is 6.03 Å². The molecular formula is C23H27N3O4S. The second-order valence-corrected chi connectivity index (χ2v) is 10.5. The molecule has 164 valence electrons. The number of hydrogen-bond acceptors (Lipinski definition) is 4. The van der Waals surface area contributed by atoms with Crippen molar-refractivity contribution >= 4 is 22.0 Å². The van der Waals surface area contributed by atoms with E-state index in [-0.39, 0.29) is 43.3 Å². The van der Waals surface area contributed by atoms with Crippen LogP contribution in [0.2, 0.25) is 0 Å². The van der Waals surface area contributed by atoms with Crippen LogP contribution in [0.15, 0.2) is 47.4 Å². The van der Waals surface area contributed by atoms with Gasteiger partial charge in [0.15, 0.2) is 0 Å². The molecule has 2 saturated heterocycles. The maximum absolute atomic E-state index is 13.1. The lowest BCUT2D eigenvalue weighted by Gasteiger charge is -2.36. The molecule has 0 atom stereocenters. The van der Waals surface area contributed by atoms with Crippen LogP contribution in [-0.4, -0.2) is 48.2 Å². The molecule has 4 rings (SSSR count). The third-order valence-corrected chi connectivity index (χ3v) is 8.29. The minimum Gasteiger partial charge on any atom is -0.323 e. The summed E-state index contributed by atoms with van der Waals surface area (Å²) in [6, 6.07) is 12.4. The van der Waals surface area contributed by atoms with Crippen LogP contribution in [0.3, 0.4) is 0 Å². The zero-order valence-corrected chi connectivity index (χ0v) is 18.8. The van der Waals surface area contributed by atoms with E-state index in [1.807, 2.05) is 45.0 Å². The molecule has 3 amide bonds. The van der Waals surface area contributed by atoms with E-state index < -0.39 is 21.6 Å². The summed E-state index contributed by atoms with van der Waals surface area (Å²) < 4.78 is 27.6. The topological polar surface area (TPSA) is 86.8 Å². The van der Waals surface area contributed by atoms with Crippen molar-refractivity contribution in [2.24, 2.45) is 0 Å². The van der Waals surface area contributed by atoms with Gasteiger partial charge in [-0.25, -0.2) is 13.2 Å². The molecule has 1 N–H and O–H groups in total. The first-order valence-corrected chi connectivity index (χ1v) is 11.8. The summed E-state index contributed by atoms with van der Waals surface area (Å²) in [5.74, 6) is -0.277. The number of nitrogens with zero attached hydrogens (tertiary/aromatic N) is 2. The van der Waals surface area contributed by atoms with Crippen LogP contribution < -0.4 is 5.32 Å². The smallest absolute Gasteiger partial charge is 0.323 e. The molecule has 2 aromatic rings. The fourth-order valence-electron chi connectivity index (χ4n) is 4.17. The first-order chi connectivity index (χ1) is 14.6. The summed E-state index contributed by atoms with van der Waals surface area (Å²) in [6.45, 7) is 6.37. The molecule has 0 bridgehead atoms. The molecule has 2 aliphatic heterocycles. The lowest BCUT2D eigenvalue weighted by atomic mass is 9.88. The van der Waals surface area contributed by atoms with Crippen LogP contribution in [0.4, 0.5) is 4.79 Å². The fourth-order valence-corrected chi connectivity index (χ4v) is 5.69. The monoisotopic (exact) mass is 441 g/mol. The Kier molecular flexibility index (Phi) is 5.39. The quantitative estimate of drug-likeness (QED) is 0.739. The Morgan fingerprint density at radius 3 is 2.19 bits per heavy atom. The molecular weight excluding hydrogens is 414 g/mol. The zero-order chi connectivity index (χ0) is 22.4. The van der Waals surface area contributed by atoms with Crippen molar-refractivity contribution in [3.63, 3.8) is 0 Å². The van der Waals surface area contributed by atoms with Crippen molar-refractivity contribution in [3.05, 3.63) is 64.7 Å². The second-order valence-electron chi connectivity index (χ2n) is 8.54. The Morgan fingerprint density at radius 1 is 0.935 bits per heavy atom. The highest BCUT2D eigenvalue weighted by molar-refractivity contribution is 7.89. The van der Waals surface area contributed by atoms with E-state index in [4.69, 9.17) is 0 Å². The number of imide groups is 1. The maximum atomic E-state index is 13.1. The van der Waals surface area contributed by atoms with Crippen LogP contribution >= 0.6 is 0 Å². The number of nitrogens with one attached hydrogen (secondary N) is 1. The minimum atomic E-state index is -3.65. The number of piperidine rings is 1. The Hall–Kier alpha value is -2.71. The number of rotatable bonds is 4. The first-order valence-electron chi connectivity index (χ1n) is 10.4. The highest BCUT2D eigenvalue weighted by Crippen LogP contribution is 2.33. The molecule has 31 heavy (non-hydrogen) atoms.